The lowest BCUT2D eigenvalue weighted by Crippen LogP contribution is -2.41. The van der Waals surface area contributed by atoms with Crippen molar-refractivity contribution in [2.45, 2.75) is 32.8 Å². The number of carbonyl (C=O) groups is 2. The maximum Gasteiger partial charge on any atom is 0.177 e. The Morgan fingerprint density at radius 2 is 1.90 bits per heavy atom. The van der Waals surface area contributed by atoms with Gasteiger partial charge in [0.15, 0.2) is 17.2 Å². The highest BCUT2D eigenvalue weighted by atomic mass is 16.3. The molecule has 1 unspecified atom stereocenters. The fourth-order valence-electron chi connectivity index (χ4n) is 0.541. The van der Waals surface area contributed by atoms with Crippen molar-refractivity contribution in [1.29, 1.82) is 0 Å². The van der Waals surface area contributed by atoms with Gasteiger partial charge in [0.2, 0.25) is 0 Å². The molecular formula is C7H12O3. The smallest absolute Gasteiger partial charge is 0.177 e. The second kappa shape index (κ2) is 2.92. The quantitative estimate of drug-likeness (QED) is 0.580. The minimum atomic E-state index is -1.77. The van der Waals surface area contributed by atoms with Gasteiger partial charge in [-0.3, -0.25) is 9.59 Å². The average molecular weight is 144 g/mol. The maximum atomic E-state index is 10.8. The van der Waals surface area contributed by atoms with Gasteiger partial charge >= 0.3 is 0 Å². The first-order valence-electron chi connectivity index (χ1n) is 3.19. The Hall–Kier alpha value is -0.700. The number of hydrogen-bond acceptors (Lipinski definition) is 3. The van der Waals surface area contributed by atoms with Gasteiger partial charge in [-0.15, -0.1) is 0 Å². The molecule has 1 atom stereocenters. The molecule has 3 heteroatoms. The fourth-order valence-corrected chi connectivity index (χ4v) is 0.541. The molecule has 1 N–H and O–H groups in total. The Balaban J connectivity index is 4.40. The summed E-state index contributed by atoms with van der Waals surface area (Å²) in [6.07, 6.45) is 0.187. The van der Waals surface area contributed by atoms with Crippen LogP contribution in [0, 0.1) is 0 Å². The zero-order chi connectivity index (χ0) is 8.36. The average Bonchev–Trinajstić information content (AvgIpc) is 1.86. The molecule has 0 saturated carbocycles. The van der Waals surface area contributed by atoms with E-state index in [-0.39, 0.29) is 6.42 Å². The molecule has 0 rings (SSSR count). The first kappa shape index (κ1) is 9.30. The molecule has 0 aromatic carbocycles. The predicted molar refractivity (Wildman–Crippen MR) is 36.6 cm³/mol. The van der Waals surface area contributed by atoms with Gasteiger partial charge in [0.1, 0.15) is 0 Å². The van der Waals surface area contributed by atoms with E-state index in [1.54, 1.807) is 6.92 Å². The SMILES string of the molecule is CCC(=O)C(C)(O)C(C)=O. The summed E-state index contributed by atoms with van der Waals surface area (Å²) in [5, 5.41) is 9.16. The van der Waals surface area contributed by atoms with Crippen molar-refractivity contribution >= 4 is 11.6 Å². The van der Waals surface area contributed by atoms with E-state index in [1.807, 2.05) is 0 Å². The van der Waals surface area contributed by atoms with Crippen LogP contribution in [0.2, 0.25) is 0 Å². The minimum Gasteiger partial charge on any atom is -0.375 e. The molecular weight excluding hydrogens is 132 g/mol. The summed E-state index contributed by atoms with van der Waals surface area (Å²) in [5.74, 6) is -0.931. The summed E-state index contributed by atoms with van der Waals surface area (Å²) in [4.78, 5) is 21.4. The number of ketones is 2. The van der Waals surface area contributed by atoms with Crippen molar-refractivity contribution in [3.63, 3.8) is 0 Å². The molecule has 3 nitrogen and oxygen atoms in total. The van der Waals surface area contributed by atoms with Gasteiger partial charge in [0.05, 0.1) is 0 Å². The van der Waals surface area contributed by atoms with E-state index in [0.29, 0.717) is 0 Å². The van der Waals surface area contributed by atoms with Crippen molar-refractivity contribution < 1.29 is 14.7 Å². The van der Waals surface area contributed by atoms with Gasteiger partial charge in [-0.25, -0.2) is 0 Å². The molecule has 0 aromatic rings. The summed E-state index contributed by atoms with van der Waals surface area (Å²) in [6, 6.07) is 0. The molecule has 0 spiro atoms. The van der Waals surface area contributed by atoms with Gasteiger partial charge in [-0.05, 0) is 13.8 Å². The highest BCUT2D eigenvalue weighted by molar-refractivity contribution is 6.08. The molecule has 0 fully saturated rings. The van der Waals surface area contributed by atoms with Crippen LogP contribution in [0.3, 0.4) is 0 Å². The van der Waals surface area contributed by atoms with Crippen LogP contribution in [0.5, 0.6) is 0 Å². The highest BCUT2D eigenvalue weighted by Crippen LogP contribution is 2.07. The van der Waals surface area contributed by atoms with Crippen molar-refractivity contribution in [3.8, 4) is 0 Å². The summed E-state index contributed by atoms with van der Waals surface area (Å²) in [5.41, 5.74) is -1.77. The molecule has 10 heavy (non-hydrogen) atoms. The molecule has 0 amide bonds. The Morgan fingerprint density at radius 3 is 2.00 bits per heavy atom. The largest absolute Gasteiger partial charge is 0.375 e. The van der Waals surface area contributed by atoms with Crippen molar-refractivity contribution in [1.82, 2.24) is 0 Å². The van der Waals surface area contributed by atoms with E-state index in [4.69, 9.17) is 5.11 Å². The normalized spacial score (nSPS) is 16.0. The van der Waals surface area contributed by atoms with Gasteiger partial charge in [0, 0.05) is 6.42 Å². The lowest BCUT2D eigenvalue weighted by Gasteiger charge is -2.16. The maximum absolute atomic E-state index is 10.8. The Morgan fingerprint density at radius 1 is 1.50 bits per heavy atom. The van der Waals surface area contributed by atoms with Crippen LogP contribution in [0.15, 0.2) is 0 Å². The number of hydrogen-bond donors (Lipinski definition) is 1. The van der Waals surface area contributed by atoms with Crippen molar-refractivity contribution in [2.24, 2.45) is 0 Å². The summed E-state index contributed by atoms with van der Waals surface area (Å²) < 4.78 is 0. The van der Waals surface area contributed by atoms with Gasteiger partial charge in [0.25, 0.3) is 0 Å². The van der Waals surface area contributed by atoms with E-state index in [1.165, 1.54) is 13.8 Å². The zero-order valence-electron chi connectivity index (χ0n) is 6.47. The number of aliphatic hydroxyl groups is 1. The van der Waals surface area contributed by atoms with Gasteiger partial charge in [-0.1, -0.05) is 6.92 Å². The van der Waals surface area contributed by atoms with Crippen molar-refractivity contribution in [2.75, 3.05) is 0 Å². The molecule has 0 bridgehead atoms. The van der Waals surface area contributed by atoms with E-state index < -0.39 is 17.2 Å². The van der Waals surface area contributed by atoms with Crippen LogP contribution in [0.4, 0.5) is 0 Å². The third-order valence-corrected chi connectivity index (χ3v) is 1.55. The van der Waals surface area contributed by atoms with Crippen LogP contribution < -0.4 is 0 Å². The molecule has 0 aliphatic carbocycles. The first-order chi connectivity index (χ1) is 4.42. The summed E-state index contributed by atoms with van der Waals surface area (Å²) in [7, 11) is 0. The van der Waals surface area contributed by atoms with E-state index >= 15 is 0 Å². The highest BCUT2D eigenvalue weighted by Gasteiger charge is 2.33. The third-order valence-electron chi connectivity index (χ3n) is 1.55. The van der Waals surface area contributed by atoms with Crippen LogP contribution >= 0.6 is 0 Å². The van der Waals surface area contributed by atoms with Gasteiger partial charge < -0.3 is 5.11 Å². The molecule has 58 valence electrons. The Bertz CT molecular complexity index is 158. The van der Waals surface area contributed by atoms with Gasteiger partial charge in [-0.2, -0.15) is 0 Å². The monoisotopic (exact) mass is 144 g/mol. The molecule has 0 heterocycles. The minimum absolute atomic E-state index is 0.187. The molecule has 0 aromatic heterocycles. The Labute approximate surface area is 60.0 Å². The van der Waals surface area contributed by atoms with E-state index in [0.717, 1.165) is 0 Å². The third kappa shape index (κ3) is 1.64. The second-order valence-corrected chi connectivity index (χ2v) is 2.41. The summed E-state index contributed by atoms with van der Waals surface area (Å²) >= 11 is 0. The molecule has 0 aliphatic heterocycles. The fraction of sp³-hybridized carbons (Fsp3) is 0.714. The number of rotatable bonds is 3. The Kier molecular flexibility index (Phi) is 2.72. The standard InChI is InChI=1S/C7H12O3/c1-4-6(9)7(3,10)5(2)8/h10H,4H2,1-3H3. The molecule has 0 aliphatic rings. The summed E-state index contributed by atoms with van der Waals surface area (Å²) in [6.45, 7) is 4.04. The van der Waals surface area contributed by atoms with Crippen LogP contribution in [-0.4, -0.2) is 22.3 Å². The number of carbonyl (C=O) groups excluding carboxylic acids is 2. The zero-order valence-corrected chi connectivity index (χ0v) is 6.47. The predicted octanol–water partition coefficient (Wildman–Crippen LogP) is 0.305. The van der Waals surface area contributed by atoms with Crippen LogP contribution in [-0.2, 0) is 9.59 Å². The van der Waals surface area contributed by atoms with E-state index in [2.05, 4.69) is 0 Å². The van der Waals surface area contributed by atoms with Crippen LogP contribution in [0.25, 0.3) is 0 Å². The van der Waals surface area contributed by atoms with E-state index in [9.17, 15) is 9.59 Å². The first-order valence-corrected chi connectivity index (χ1v) is 3.19. The molecule has 0 radical (unpaired) electrons. The lowest BCUT2D eigenvalue weighted by atomic mass is 9.95. The van der Waals surface area contributed by atoms with Crippen LogP contribution in [0.1, 0.15) is 27.2 Å². The molecule has 0 saturated heterocycles. The van der Waals surface area contributed by atoms with Crippen molar-refractivity contribution in [3.05, 3.63) is 0 Å². The lowest BCUT2D eigenvalue weighted by molar-refractivity contribution is -0.147. The second-order valence-electron chi connectivity index (χ2n) is 2.41. The number of Topliss-reactive ketones (excluding diaryl/α,β-unsaturated/α-hetero) is 2. The topological polar surface area (TPSA) is 54.4 Å².